The number of carbonyl (C=O) groups is 1. The maximum Gasteiger partial charge on any atom is 0.234 e. The summed E-state index contributed by atoms with van der Waals surface area (Å²) in [6, 6.07) is 0. The molecule has 0 aromatic carbocycles. The van der Waals surface area contributed by atoms with Crippen LogP contribution in [0.1, 0.15) is 19.3 Å². The van der Waals surface area contributed by atoms with Crippen LogP contribution >= 0.6 is 0 Å². The first-order chi connectivity index (χ1) is 6.74. The molecule has 0 aromatic rings. The Hall–Kier alpha value is -0.610. The Balaban J connectivity index is 1.61. The Labute approximate surface area is 84.3 Å². The molecule has 1 aliphatic heterocycles. The lowest BCUT2D eigenvalue weighted by Gasteiger charge is -2.14. The number of likely N-dealkylation sites (tertiary alicyclic amines) is 1. The summed E-state index contributed by atoms with van der Waals surface area (Å²) >= 11 is 0. The molecule has 14 heavy (non-hydrogen) atoms. The van der Waals surface area contributed by atoms with E-state index in [0.29, 0.717) is 13.1 Å². The molecular formula is C10H18N2O2. The summed E-state index contributed by atoms with van der Waals surface area (Å²) in [5, 5.41) is 12.2. The average molecular weight is 198 g/mol. The molecule has 0 spiro atoms. The molecule has 4 nitrogen and oxygen atoms in total. The zero-order valence-electron chi connectivity index (χ0n) is 8.41. The molecule has 2 aliphatic rings. The lowest BCUT2D eigenvalue weighted by molar-refractivity contribution is -0.122. The third-order valence-corrected chi connectivity index (χ3v) is 2.90. The van der Waals surface area contributed by atoms with Crippen molar-refractivity contribution in [3.05, 3.63) is 0 Å². The second kappa shape index (κ2) is 4.28. The highest BCUT2D eigenvalue weighted by atomic mass is 16.3. The van der Waals surface area contributed by atoms with Crippen LogP contribution in [0.25, 0.3) is 0 Å². The molecule has 1 amide bonds. The quantitative estimate of drug-likeness (QED) is 0.645. The molecule has 1 heterocycles. The lowest BCUT2D eigenvalue weighted by atomic mass is 10.3. The van der Waals surface area contributed by atoms with Gasteiger partial charge < -0.3 is 10.4 Å². The summed E-state index contributed by atoms with van der Waals surface area (Å²) in [6.45, 7) is 2.79. The number of hydrogen-bond acceptors (Lipinski definition) is 3. The smallest absolute Gasteiger partial charge is 0.234 e. The summed E-state index contributed by atoms with van der Waals surface area (Å²) in [7, 11) is 0. The van der Waals surface area contributed by atoms with Gasteiger partial charge in [-0.2, -0.15) is 0 Å². The number of aliphatic hydroxyl groups is 1. The van der Waals surface area contributed by atoms with Gasteiger partial charge in [-0.05, 0) is 25.2 Å². The van der Waals surface area contributed by atoms with Gasteiger partial charge in [0.1, 0.15) is 0 Å². The van der Waals surface area contributed by atoms with E-state index in [1.807, 2.05) is 4.90 Å². The molecule has 1 aliphatic carbocycles. The standard InChI is InChI=1S/C10H18N2O2/c13-9-3-4-12(6-9)7-10(14)11-5-8-1-2-8/h8-9,13H,1-7H2,(H,11,14). The largest absolute Gasteiger partial charge is 0.392 e. The van der Waals surface area contributed by atoms with Crippen molar-refractivity contribution in [2.45, 2.75) is 25.4 Å². The van der Waals surface area contributed by atoms with Gasteiger partial charge in [0.05, 0.1) is 12.6 Å². The Morgan fingerprint density at radius 2 is 2.21 bits per heavy atom. The molecule has 2 rings (SSSR count). The minimum absolute atomic E-state index is 0.103. The van der Waals surface area contributed by atoms with Crippen molar-refractivity contribution in [1.82, 2.24) is 10.2 Å². The Kier molecular flexibility index (Phi) is 3.03. The summed E-state index contributed by atoms with van der Waals surface area (Å²) in [6.07, 6.45) is 3.10. The first kappa shape index (κ1) is 9.93. The highest BCUT2D eigenvalue weighted by molar-refractivity contribution is 5.78. The second-order valence-corrected chi connectivity index (χ2v) is 4.43. The van der Waals surface area contributed by atoms with E-state index < -0.39 is 0 Å². The van der Waals surface area contributed by atoms with Crippen molar-refractivity contribution in [3.8, 4) is 0 Å². The minimum Gasteiger partial charge on any atom is -0.392 e. The van der Waals surface area contributed by atoms with Crippen LogP contribution < -0.4 is 5.32 Å². The average Bonchev–Trinajstić information content (AvgIpc) is 2.88. The molecule has 1 unspecified atom stereocenters. The molecule has 1 saturated carbocycles. The van der Waals surface area contributed by atoms with E-state index >= 15 is 0 Å². The number of aliphatic hydroxyl groups excluding tert-OH is 1. The van der Waals surface area contributed by atoms with Crippen LogP contribution in [0.4, 0.5) is 0 Å². The monoisotopic (exact) mass is 198 g/mol. The van der Waals surface area contributed by atoms with E-state index in [1.54, 1.807) is 0 Å². The fourth-order valence-corrected chi connectivity index (χ4v) is 1.79. The number of carbonyl (C=O) groups excluding carboxylic acids is 1. The molecule has 1 atom stereocenters. The highest BCUT2D eigenvalue weighted by Crippen LogP contribution is 2.27. The molecule has 80 valence electrons. The third-order valence-electron chi connectivity index (χ3n) is 2.90. The number of amides is 1. The van der Waals surface area contributed by atoms with E-state index in [-0.39, 0.29) is 12.0 Å². The van der Waals surface area contributed by atoms with Gasteiger partial charge in [0.2, 0.25) is 5.91 Å². The predicted octanol–water partition coefficient (Wildman–Crippen LogP) is -0.421. The second-order valence-electron chi connectivity index (χ2n) is 4.43. The maximum absolute atomic E-state index is 11.4. The lowest BCUT2D eigenvalue weighted by Crippen LogP contribution is -2.37. The Bertz CT molecular complexity index is 216. The summed E-state index contributed by atoms with van der Waals surface area (Å²) in [5.74, 6) is 0.842. The van der Waals surface area contributed by atoms with Gasteiger partial charge in [-0.1, -0.05) is 0 Å². The van der Waals surface area contributed by atoms with Crippen molar-refractivity contribution < 1.29 is 9.90 Å². The Morgan fingerprint density at radius 1 is 1.43 bits per heavy atom. The van der Waals surface area contributed by atoms with Gasteiger partial charge in [-0.25, -0.2) is 0 Å². The van der Waals surface area contributed by atoms with Crippen LogP contribution in [0.5, 0.6) is 0 Å². The van der Waals surface area contributed by atoms with Crippen LogP contribution in [0.15, 0.2) is 0 Å². The summed E-state index contributed by atoms with van der Waals surface area (Å²) in [4.78, 5) is 13.4. The van der Waals surface area contributed by atoms with Gasteiger partial charge in [0.25, 0.3) is 0 Å². The van der Waals surface area contributed by atoms with Crippen molar-refractivity contribution in [1.29, 1.82) is 0 Å². The normalized spacial score (nSPS) is 27.9. The van der Waals surface area contributed by atoms with E-state index in [2.05, 4.69) is 5.32 Å². The van der Waals surface area contributed by atoms with Crippen LogP contribution in [-0.4, -0.2) is 48.2 Å². The number of nitrogens with one attached hydrogen (secondary N) is 1. The van der Waals surface area contributed by atoms with Crippen molar-refractivity contribution in [2.75, 3.05) is 26.2 Å². The molecule has 0 radical (unpaired) electrons. The van der Waals surface area contributed by atoms with Crippen molar-refractivity contribution in [3.63, 3.8) is 0 Å². The minimum atomic E-state index is -0.230. The highest BCUT2D eigenvalue weighted by Gasteiger charge is 2.24. The molecule has 0 aromatic heterocycles. The molecule has 2 fully saturated rings. The summed E-state index contributed by atoms with van der Waals surface area (Å²) in [5.41, 5.74) is 0. The van der Waals surface area contributed by atoms with Gasteiger partial charge in [-0.3, -0.25) is 9.69 Å². The molecule has 1 saturated heterocycles. The third kappa shape index (κ3) is 2.96. The van der Waals surface area contributed by atoms with Crippen LogP contribution in [-0.2, 0) is 4.79 Å². The van der Waals surface area contributed by atoms with E-state index in [1.165, 1.54) is 12.8 Å². The Morgan fingerprint density at radius 3 is 2.79 bits per heavy atom. The van der Waals surface area contributed by atoms with Crippen molar-refractivity contribution in [2.24, 2.45) is 5.92 Å². The van der Waals surface area contributed by atoms with Gasteiger partial charge >= 0.3 is 0 Å². The molecule has 0 bridgehead atoms. The van der Waals surface area contributed by atoms with Crippen LogP contribution in [0.3, 0.4) is 0 Å². The van der Waals surface area contributed by atoms with E-state index in [4.69, 9.17) is 0 Å². The number of rotatable bonds is 4. The summed E-state index contributed by atoms with van der Waals surface area (Å²) < 4.78 is 0. The SMILES string of the molecule is O=C(CN1CCC(O)C1)NCC1CC1. The number of hydrogen-bond donors (Lipinski definition) is 2. The first-order valence-electron chi connectivity index (χ1n) is 5.41. The van der Waals surface area contributed by atoms with Crippen LogP contribution in [0, 0.1) is 5.92 Å². The topological polar surface area (TPSA) is 52.6 Å². The molecule has 2 N–H and O–H groups in total. The van der Waals surface area contributed by atoms with E-state index in [0.717, 1.165) is 25.4 Å². The van der Waals surface area contributed by atoms with Gasteiger partial charge in [-0.15, -0.1) is 0 Å². The first-order valence-corrected chi connectivity index (χ1v) is 5.41. The number of β-amino-alcohol motifs (C(OH)–C–C–N with tert-alkyl or cyclic N) is 1. The molecule has 4 heteroatoms. The zero-order valence-corrected chi connectivity index (χ0v) is 8.41. The molecular weight excluding hydrogens is 180 g/mol. The zero-order chi connectivity index (χ0) is 9.97. The van der Waals surface area contributed by atoms with Crippen LogP contribution in [0.2, 0.25) is 0 Å². The van der Waals surface area contributed by atoms with Gasteiger partial charge in [0.15, 0.2) is 0 Å². The maximum atomic E-state index is 11.4. The van der Waals surface area contributed by atoms with E-state index in [9.17, 15) is 9.90 Å². The predicted molar refractivity (Wildman–Crippen MR) is 52.8 cm³/mol. The number of nitrogens with zero attached hydrogens (tertiary/aromatic N) is 1. The fraction of sp³-hybridized carbons (Fsp3) is 0.900. The van der Waals surface area contributed by atoms with Crippen molar-refractivity contribution >= 4 is 5.91 Å². The van der Waals surface area contributed by atoms with Gasteiger partial charge in [0, 0.05) is 19.6 Å². The fourth-order valence-electron chi connectivity index (χ4n) is 1.79.